The number of carboxylic acid groups (broad SMARTS) is 1. The highest BCUT2D eigenvalue weighted by atomic mass is 16.4. The van der Waals surface area contributed by atoms with Crippen molar-refractivity contribution in [1.29, 1.82) is 0 Å². The van der Waals surface area contributed by atoms with Crippen molar-refractivity contribution in [2.24, 2.45) is 5.92 Å². The number of allylic oxidation sites excluding steroid dienone is 1. The first-order valence-corrected chi connectivity index (χ1v) is 11.3. The maximum atomic E-state index is 12.9. The van der Waals surface area contributed by atoms with Gasteiger partial charge in [-0.25, -0.2) is 4.79 Å². The summed E-state index contributed by atoms with van der Waals surface area (Å²) in [6.45, 7) is 2.75. The molecule has 0 aromatic heterocycles. The number of nitrogens with zero attached hydrogens (tertiary/aromatic N) is 1. The number of rotatable bonds is 11. The molecular weight excluding hydrogens is 394 g/mol. The summed E-state index contributed by atoms with van der Waals surface area (Å²) < 4.78 is 0. The number of unbranched alkanes of at least 4 members (excludes halogenated alkanes) is 3. The van der Waals surface area contributed by atoms with Crippen LogP contribution >= 0.6 is 0 Å². The average molecular weight is 428 g/mol. The molecule has 7 nitrogen and oxygen atoms in total. The Morgan fingerprint density at radius 1 is 1.23 bits per heavy atom. The molecule has 2 aliphatic rings. The number of nitrogens with one attached hydrogen (secondary N) is 2. The van der Waals surface area contributed by atoms with Crippen LogP contribution in [0.4, 0.5) is 5.69 Å². The molecule has 1 aliphatic carbocycles. The molecule has 0 bridgehead atoms. The Labute approximate surface area is 183 Å². The Hall–Kier alpha value is -2.83. The number of carbonyl (C=O) groups is 3. The Balaban J connectivity index is 1.55. The Bertz CT molecular complexity index is 810. The van der Waals surface area contributed by atoms with Crippen LogP contribution in [0.2, 0.25) is 0 Å². The fraction of sp³-hybridized carbons (Fsp3) is 0.542. The first-order chi connectivity index (χ1) is 15.0. The zero-order valence-corrected chi connectivity index (χ0v) is 18.2. The fourth-order valence-corrected chi connectivity index (χ4v) is 4.21. The second-order valence-corrected chi connectivity index (χ2v) is 8.47. The van der Waals surface area contributed by atoms with E-state index >= 15 is 0 Å². The Morgan fingerprint density at radius 2 is 2.00 bits per heavy atom. The predicted molar refractivity (Wildman–Crippen MR) is 120 cm³/mol. The molecule has 1 aliphatic heterocycles. The van der Waals surface area contributed by atoms with Gasteiger partial charge in [0.2, 0.25) is 11.8 Å². The van der Waals surface area contributed by atoms with Crippen molar-refractivity contribution in [3.8, 4) is 0 Å². The van der Waals surface area contributed by atoms with Crippen LogP contribution < -0.4 is 10.6 Å². The van der Waals surface area contributed by atoms with Crippen molar-refractivity contribution in [2.45, 2.75) is 63.5 Å². The molecule has 1 aromatic carbocycles. The van der Waals surface area contributed by atoms with E-state index in [1.807, 2.05) is 42.5 Å². The molecule has 3 rings (SSSR count). The summed E-state index contributed by atoms with van der Waals surface area (Å²) in [7, 11) is 0. The number of para-hydroxylation sites is 1. The molecule has 2 fully saturated rings. The van der Waals surface area contributed by atoms with E-state index in [2.05, 4.69) is 17.6 Å². The number of anilines is 1. The van der Waals surface area contributed by atoms with Crippen molar-refractivity contribution in [1.82, 2.24) is 10.2 Å². The lowest BCUT2D eigenvalue weighted by Gasteiger charge is -2.26. The Kier molecular flexibility index (Phi) is 7.71. The minimum Gasteiger partial charge on any atom is -0.479 e. The van der Waals surface area contributed by atoms with Crippen LogP contribution in [0.15, 0.2) is 42.5 Å². The van der Waals surface area contributed by atoms with Crippen LogP contribution in [0, 0.1) is 5.92 Å². The largest absolute Gasteiger partial charge is 0.479 e. The number of carbonyl (C=O) groups excluding carboxylic acids is 2. The van der Waals surface area contributed by atoms with Crippen molar-refractivity contribution in [2.75, 3.05) is 18.4 Å². The summed E-state index contributed by atoms with van der Waals surface area (Å²) in [5.74, 6) is -1.73. The molecule has 1 heterocycles. The molecule has 0 radical (unpaired) electrons. The van der Waals surface area contributed by atoms with Crippen LogP contribution in [0.5, 0.6) is 0 Å². The van der Waals surface area contributed by atoms with E-state index in [-0.39, 0.29) is 24.3 Å². The topological polar surface area (TPSA) is 98.7 Å². The number of amides is 2. The summed E-state index contributed by atoms with van der Waals surface area (Å²) in [4.78, 5) is 39.1. The maximum Gasteiger partial charge on any atom is 0.330 e. The van der Waals surface area contributed by atoms with Gasteiger partial charge in [0, 0.05) is 18.2 Å². The number of aliphatic carboxylic acids is 1. The van der Waals surface area contributed by atoms with Gasteiger partial charge >= 0.3 is 5.97 Å². The van der Waals surface area contributed by atoms with Gasteiger partial charge in [-0.05, 0) is 44.2 Å². The fourth-order valence-electron chi connectivity index (χ4n) is 4.21. The minimum atomic E-state index is -1.24. The summed E-state index contributed by atoms with van der Waals surface area (Å²) in [6.07, 6.45) is 9.93. The zero-order chi connectivity index (χ0) is 22.3. The molecular formula is C24H33N3O4. The molecule has 168 valence electrons. The molecule has 7 heteroatoms. The molecule has 0 unspecified atom stereocenters. The van der Waals surface area contributed by atoms with E-state index in [1.165, 1.54) is 0 Å². The number of likely N-dealkylation sites (tertiary alicyclic amines) is 1. The van der Waals surface area contributed by atoms with Gasteiger partial charge in [0.1, 0.15) is 11.6 Å². The smallest absolute Gasteiger partial charge is 0.330 e. The average Bonchev–Trinajstić information content (AvgIpc) is 3.23. The first kappa shape index (κ1) is 22.8. The van der Waals surface area contributed by atoms with Crippen molar-refractivity contribution in [3.05, 3.63) is 42.5 Å². The number of carboxylic acids is 1. The third-order valence-electron chi connectivity index (χ3n) is 6.18. The second-order valence-electron chi connectivity index (χ2n) is 8.47. The highest BCUT2D eigenvalue weighted by Gasteiger charge is 2.61. The van der Waals surface area contributed by atoms with Gasteiger partial charge in [-0.15, -0.1) is 0 Å². The van der Waals surface area contributed by atoms with E-state index in [4.69, 9.17) is 0 Å². The summed E-state index contributed by atoms with van der Waals surface area (Å²) in [6, 6.07) is 8.80. The first-order valence-electron chi connectivity index (χ1n) is 11.3. The van der Waals surface area contributed by atoms with Gasteiger partial charge in [-0.1, -0.05) is 50.1 Å². The van der Waals surface area contributed by atoms with Gasteiger partial charge < -0.3 is 20.6 Å². The normalized spacial score (nSPS) is 24.9. The molecule has 1 saturated carbocycles. The molecule has 3 N–H and O–H groups in total. The van der Waals surface area contributed by atoms with Gasteiger partial charge in [0.15, 0.2) is 0 Å². The molecule has 31 heavy (non-hydrogen) atoms. The van der Waals surface area contributed by atoms with Crippen molar-refractivity contribution < 1.29 is 19.5 Å². The summed E-state index contributed by atoms with van der Waals surface area (Å²) in [5.41, 5.74) is -0.398. The van der Waals surface area contributed by atoms with Crippen molar-refractivity contribution >= 4 is 23.5 Å². The standard InChI is InChI=1S/C24H33N3O4/c1-2-3-4-5-7-11-18-16-24(18,23(30)31)26-22(29)20-14-10-15-27(20)21(28)17-25-19-12-8-6-9-13-19/h6-9,11-13,18,20,25H,2-5,10,14-17H2,1H3,(H,26,29)(H,30,31)/b11-7-/t18-,20+,24-/m1/s1. The minimum absolute atomic E-state index is 0.0982. The highest BCUT2D eigenvalue weighted by Crippen LogP contribution is 2.45. The third-order valence-corrected chi connectivity index (χ3v) is 6.18. The van der Waals surface area contributed by atoms with E-state index in [0.717, 1.165) is 37.8 Å². The van der Waals surface area contributed by atoms with Crippen LogP contribution in [0.25, 0.3) is 0 Å². The maximum absolute atomic E-state index is 12.9. The quantitative estimate of drug-likeness (QED) is 0.372. The second kappa shape index (κ2) is 10.5. The number of benzene rings is 1. The molecule has 2 amide bonds. The van der Waals surface area contributed by atoms with Gasteiger partial charge in [0.05, 0.1) is 6.54 Å². The van der Waals surface area contributed by atoms with Crippen LogP contribution in [-0.2, 0) is 14.4 Å². The number of hydrogen-bond acceptors (Lipinski definition) is 4. The summed E-state index contributed by atoms with van der Waals surface area (Å²) >= 11 is 0. The van der Waals surface area contributed by atoms with Crippen LogP contribution in [-0.4, -0.2) is 52.5 Å². The van der Waals surface area contributed by atoms with Gasteiger partial charge in [-0.3, -0.25) is 9.59 Å². The van der Waals surface area contributed by atoms with Crippen LogP contribution in [0.3, 0.4) is 0 Å². The zero-order valence-electron chi connectivity index (χ0n) is 18.2. The van der Waals surface area contributed by atoms with E-state index < -0.39 is 17.6 Å². The van der Waals surface area contributed by atoms with Gasteiger partial charge in [-0.2, -0.15) is 0 Å². The van der Waals surface area contributed by atoms with E-state index in [9.17, 15) is 19.5 Å². The highest BCUT2D eigenvalue weighted by molar-refractivity contribution is 5.95. The predicted octanol–water partition coefficient (Wildman–Crippen LogP) is 3.19. The molecule has 3 atom stereocenters. The lowest BCUT2D eigenvalue weighted by Crippen LogP contribution is -2.53. The lowest BCUT2D eigenvalue weighted by molar-refractivity contribution is -0.145. The van der Waals surface area contributed by atoms with E-state index in [0.29, 0.717) is 19.4 Å². The SMILES string of the molecule is CCCCC/C=C\[C@@H]1C[C@]1(NC(=O)[C@@H]1CCCN1C(=O)CNc1ccccc1)C(=O)O. The molecule has 0 spiro atoms. The third kappa shape index (κ3) is 5.66. The summed E-state index contributed by atoms with van der Waals surface area (Å²) in [5, 5.41) is 15.6. The van der Waals surface area contributed by atoms with E-state index in [1.54, 1.807) is 4.90 Å². The van der Waals surface area contributed by atoms with Crippen LogP contribution in [0.1, 0.15) is 51.9 Å². The molecule has 1 aromatic rings. The lowest BCUT2D eigenvalue weighted by atomic mass is 10.1. The Morgan fingerprint density at radius 3 is 2.71 bits per heavy atom. The number of hydrogen-bond donors (Lipinski definition) is 3. The molecule has 1 saturated heterocycles. The monoisotopic (exact) mass is 427 g/mol. The van der Waals surface area contributed by atoms with Gasteiger partial charge in [0.25, 0.3) is 0 Å². The van der Waals surface area contributed by atoms with Crippen molar-refractivity contribution in [3.63, 3.8) is 0 Å².